The zero-order chi connectivity index (χ0) is 14.1. The van der Waals surface area contributed by atoms with E-state index in [0.29, 0.717) is 0 Å². The lowest BCUT2D eigenvalue weighted by Crippen LogP contribution is -2.57. The molecule has 0 aromatic rings. The van der Waals surface area contributed by atoms with Gasteiger partial charge in [0.05, 0.1) is 0 Å². The number of unbranched alkanes of at least 4 members (excludes halogenated alkanes) is 5. The summed E-state index contributed by atoms with van der Waals surface area (Å²) in [5, 5.41) is 3.33. The lowest BCUT2D eigenvalue weighted by Gasteiger charge is -2.36. The summed E-state index contributed by atoms with van der Waals surface area (Å²) in [5.41, 5.74) is 0. The summed E-state index contributed by atoms with van der Waals surface area (Å²) in [6, 6.07) is 0.0411. The van der Waals surface area contributed by atoms with Gasteiger partial charge >= 0.3 is 0 Å². The third-order valence-electron chi connectivity index (χ3n) is 3.88. The molecule has 1 aliphatic heterocycles. The van der Waals surface area contributed by atoms with E-state index in [2.05, 4.69) is 17.1 Å². The molecule has 0 radical (unpaired) electrons. The number of nitrogens with one attached hydrogen (secondary N) is 1. The summed E-state index contributed by atoms with van der Waals surface area (Å²) in [6.07, 6.45) is 7.88. The summed E-state index contributed by atoms with van der Waals surface area (Å²) in [4.78, 5) is 16.2. The highest BCUT2D eigenvalue weighted by atomic mass is 16.2. The first-order valence-corrected chi connectivity index (χ1v) is 7.82. The second-order valence-electron chi connectivity index (χ2n) is 5.76. The Morgan fingerprint density at radius 1 is 1.21 bits per heavy atom. The fraction of sp³-hybridized carbons (Fsp3) is 0.933. The van der Waals surface area contributed by atoms with Gasteiger partial charge in [0.15, 0.2) is 0 Å². The molecule has 0 saturated carbocycles. The van der Waals surface area contributed by atoms with Crippen LogP contribution in [0.1, 0.15) is 45.4 Å². The van der Waals surface area contributed by atoms with Crippen LogP contribution in [0.5, 0.6) is 0 Å². The van der Waals surface area contributed by atoms with Gasteiger partial charge in [0.25, 0.3) is 0 Å². The molecule has 1 amide bonds. The van der Waals surface area contributed by atoms with Crippen LogP contribution in [0.15, 0.2) is 0 Å². The molecule has 0 aliphatic carbocycles. The third kappa shape index (κ3) is 5.91. The summed E-state index contributed by atoms with van der Waals surface area (Å²) in [6.45, 7) is 6.12. The molecular formula is C15H31N3O. The summed E-state index contributed by atoms with van der Waals surface area (Å²) >= 11 is 0. The molecule has 112 valence electrons. The molecule has 0 bridgehead atoms. The van der Waals surface area contributed by atoms with Crippen molar-refractivity contribution < 1.29 is 4.79 Å². The Kier molecular flexibility index (Phi) is 8.07. The number of hydrogen-bond acceptors (Lipinski definition) is 3. The van der Waals surface area contributed by atoms with Gasteiger partial charge in [-0.3, -0.25) is 9.69 Å². The monoisotopic (exact) mass is 269 g/mol. The minimum absolute atomic E-state index is 0.0411. The lowest BCUT2D eigenvalue weighted by molar-refractivity contribution is -0.135. The maximum absolute atomic E-state index is 12.1. The highest BCUT2D eigenvalue weighted by molar-refractivity contribution is 5.81. The van der Waals surface area contributed by atoms with Crippen molar-refractivity contribution in [1.29, 1.82) is 0 Å². The van der Waals surface area contributed by atoms with Crippen LogP contribution in [-0.4, -0.2) is 62.0 Å². The van der Waals surface area contributed by atoms with E-state index in [1.54, 1.807) is 4.90 Å². The van der Waals surface area contributed by atoms with Crippen molar-refractivity contribution >= 4 is 5.91 Å². The van der Waals surface area contributed by atoms with E-state index in [0.717, 1.165) is 26.2 Å². The molecule has 1 N–H and O–H groups in total. The average molecular weight is 269 g/mol. The van der Waals surface area contributed by atoms with Gasteiger partial charge in [-0.25, -0.2) is 0 Å². The Morgan fingerprint density at radius 2 is 1.89 bits per heavy atom. The maximum atomic E-state index is 12.1. The van der Waals surface area contributed by atoms with Crippen molar-refractivity contribution in [2.75, 3.05) is 40.3 Å². The molecule has 0 aromatic heterocycles. The highest BCUT2D eigenvalue weighted by Gasteiger charge is 2.28. The van der Waals surface area contributed by atoms with Crippen molar-refractivity contribution in [1.82, 2.24) is 15.1 Å². The predicted molar refractivity (Wildman–Crippen MR) is 80.3 cm³/mol. The highest BCUT2D eigenvalue weighted by Crippen LogP contribution is 2.10. The second-order valence-corrected chi connectivity index (χ2v) is 5.76. The molecular weight excluding hydrogens is 238 g/mol. The van der Waals surface area contributed by atoms with Gasteiger partial charge in [-0.1, -0.05) is 39.0 Å². The van der Waals surface area contributed by atoms with Crippen LogP contribution in [-0.2, 0) is 4.79 Å². The number of carbonyl (C=O) groups excluding carboxylic acids is 1. The summed E-state index contributed by atoms with van der Waals surface area (Å²) in [5.74, 6) is 0.234. The van der Waals surface area contributed by atoms with Gasteiger partial charge in [0.1, 0.15) is 6.04 Å². The zero-order valence-corrected chi connectivity index (χ0v) is 13.0. The van der Waals surface area contributed by atoms with Crippen LogP contribution in [0, 0.1) is 0 Å². The Hall–Kier alpha value is -0.610. The number of piperazine rings is 1. The molecule has 0 aromatic carbocycles. The van der Waals surface area contributed by atoms with Crippen molar-refractivity contribution in [3.63, 3.8) is 0 Å². The number of hydrogen-bond donors (Lipinski definition) is 1. The molecule has 1 atom stereocenters. The Balaban J connectivity index is 2.26. The van der Waals surface area contributed by atoms with E-state index < -0.39 is 0 Å². The van der Waals surface area contributed by atoms with Crippen molar-refractivity contribution in [3.05, 3.63) is 0 Å². The Morgan fingerprint density at radius 3 is 2.58 bits per heavy atom. The van der Waals surface area contributed by atoms with Gasteiger partial charge in [0.2, 0.25) is 5.91 Å². The van der Waals surface area contributed by atoms with E-state index in [-0.39, 0.29) is 11.9 Å². The van der Waals surface area contributed by atoms with Crippen molar-refractivity contribution in [2.45, 2.75) is 51.5 Å². The van der Waals surface area contributed by atoms with Crippen LogP contribution in [0.3, 0.4) is 0 Å². The van der Waals surface area contributed by atoms with Crippen molar-refractivity contribution in [3.8, 4) is 0 Å². The van der Waals surface area contributed by atoms with Gasteiger partial charge in [0, 0.05) is 33.7 Å². The molecule has 19 heavy (non-hydrogen) atoms. The quantitative estimate of drug-likeness (QED) is 0.681. The SMILES string of the molecule is CCCCCCCCN1CCNCC1C(=O)N(C)C. The van der Waals surface area contributed by atoms with Crippen molar-refractivity contribution in [2.24, 2.45) is 0 Å². The molecule has 1 fully saturated rings. The van der Waals surface area contributed by atoms with E-state index in [9.17, 15) is 4.79 Å². The molecule has 1 unspecified atom stereocenters. The minimum atomic E-state index is 0.0411. The molecule has 0 spiro atoms. The topological polar surface area (TPSA) is 35.6 Å². The Bertz CT molecular complexity index is 256. The molecule has 1 saturated heterocycles. The Labute approximate surface area is 118 Å². The average Bonchev–Trinajstić information content (AvgIpc) is 2.42. The van der Waals surface area contributed by atoms with E-state index in [4.69, 9.17) is 0 Å². The molecule has 1 aliphatic rings. The summed E-state index contributed by atoms with van der Waals surface area (Å²) < 4.78 is 0. The first-order chi connectivity index (χ1) is 9.16. The van der Waals surface area contributed by atoms with Gasteiger partial charge in [-0.2, -0.15) is 0 Å². The van der Waals surface area contributed by atoms with Crippen LogP contribution >= 0.6 is 0 Å². The molecule has 1 rings (SSSR count). The fourth-order valence-corrected chi connectivity index (χ4v) is 2.65. The summed E-state index contributed by atoms with van der Waals surface area (Å²) in [7, 11) is 3.69. The molecule has 4 heteroatoms. The normalized spacial score (nSPS) is 20.5. The number of nitrogens with zero attached hydrogens (tertiary/aromatic N) is 2. The zero-order valence-electron chi connectivity index (χ0n) is 13.0. The van der Waals surface area contributed by atoms with Crippen LogP contribution in [0.2, 0.25) is 0 Å². The fourth-order valence-electron chi connectivity index (χ4n) is 2.65. The van der Waals surface area contributed by atoms with Gasteiger partial charge in [-0.15, -0.1) is 0 Å². The maximum Gasteiger partial charge on any atom is 0.240 e. The van der Waals surface area contributed by atoms with Crippen LogP contribution in [0.4, 0.5) is 0 Å². The minimum Gasteiger partial charge on any atom is -0.347 e. The number of rotatable bonds is 8. The number of amides is 1. The smallest absolute Gasteiger partial charge is 0.240 e. The van der Waals surface area contributed by atoms with E-state index in [1.165, 1.54) is 38.5 Å². The molecule has 1 heterocycles. The van der Waals surface area contributed by atoms with Crippen LogP contribution in [0.25, 0.3) is 0 Å². The first kappa shape index (κ1) is 16.4. The van der Waals surface area contributed by atoms with Gasteiger partial charge < -0.3 is 10.2 Å². The number of likely N-dealkylation sites (N-methyl/N-ethyl adjacent to an activating group) is 1. The molecule has 4 nitrogen and oxygen atoms in total. The lowest BCUT2D eigenvalue weighted by atomic mass is 10.1. The van der Waals surface area contributed by atoms with Gasteiger partial charge in [-0.05, 0) is 13.0 Å². The number of carbonyl (C=O) groups is 1. The third-order valence-corrected chi connectivity index (χ3v) is 3.88. The largest absolute Gasteiger partial charge is 0.347 e. The second kappa shape index (κ2) is 9.32. The van der Waals surface area contributed by atoms with E-state index in [1.807, 2.05) is 14.1 Å². The van der Waals surface area contributed by atoms with Crippen LogP contribution < -0.4 is 5.32 Å². The van der Waals surface area contributed by atoms with E-state index >= 15 is 0 Å². The predicted octanol–water partition coefficient (Wildman–Crippen LogP) is 1.71. The standard InChI is InChI=1S/C15H31N3O/c1-4-5-6-7-8-9-11-18-12-10-16-13-14(18)15(19)17(2)3/h14,16H,4-13H2,1-3H3. The first-order valence-electron chi connectivity index (χ1n) is 7.82.